The number of anilines is 1. The fourth-order valence-electron chi connectivity index (χ4n) is 1.64. The first-order valence-electron chi connectivity index (χ1n) is 6.05. The van der Waals surface area contributed by atoms with Gasteiger partial charge in [-0.3, -0.25) is 15.6 Å². The van der Waals surface area contributed by atoms with Crippen LogP contribution in [0.5, 0.6) is 0 Å². The van der Waals surface area contributed by atoms with E-state index in [0.717, 1.165) is 16.8 Å². The Kier molecular flexibility index (Phi) is 4.70. The lowest BCUT2D eigenvalue weighted by atomic mass is 10.2. The topological polar surface area (TPSA) is 53.2 Å². The average molecular weight is 305 g/mol. The lowest BCUT2D eigenvalue weighted by Crippen LogP contribution is -2.43. The Morgan fingerprint density at radius 3 is 2.50 bits per heavy atom. The van der Waals surface area contributed by atoms with E-state index in [0.29, 0.717) is 9.99 Å². The second-order valence-electron chi connectivity index (χ2n) is 4.28. The van der Waals surface area contributed by atoms with E-state index in [2.05, 4.69) is 16.2 Å². The van der Waals surface area contributed by atoms with Gasteiger partial charge >= 0.3 is 0 Å². The summed E-state index contributed by atoms with van der Waals surface area (Å²) in [7, 11) is 0. The summed E-state index contributed by atoms with van der Waals surface area (Å²) in [5.41, 5.74) is 8.22. The summed E-state index contributed by atoms with van der Waals surface area (Å²) in [4.78, 5) is 12.6. The highest BCUT2D eigenvalue weighted by Gasteiger charge is 2.10. The summed E-state index contributed by atoms with van der Waals surface area (Å²) >= 11 is 6.54. The summed E-state index contributed by atoms with van der Waals surface area (Å²) in [6.07, 6.45) is 0. The molecule has 0 spiro atoms. The summed E-state index contributed by atoms with van der Waals surface area (Å²) in [6, 6.07) is 9.69. The van der Waals surface area contributed by atoms with E-state index in [1.165, 1.54) is 11.3 Å². The Morgan fingerprint density at radius 1 is 1.10 bits per heavy atom. The van der Waals surface area contributed by atoms with Gasteiger partial charge in [0, 0.05) is 5.69 Å². The van der Waals surface area contributed by atoms with E-state index in [-0.39, 0.29) is 5.91 Å². The molecule has 0 aliphatic rings. The van der Waals surface area contributed by atoms with Crippen molar-refractivity contribution in [2.45, 2.75) is 13.8 Å². The molecule has 6 heteroatoms. The number of aryl methyl sites for hydroxylation is 2. The first-order chi connectivity index (χ1) is 9.58. The van der Waals surface area contributed by atoms with E-state index < -0.39 is 0 Å². The van der Waals surface area contributed by atoms with E-state index in [1.54, 1.807) is 0 Å². The van der Waals surface area contributed by atoms with E-state index >= 15 is 0 Å². The molecule has 0 fully saturated rings. The summed E-state index contributed by atoms with van der Waals surface area (Å²) in [5, 5.41) is 5.27. The van der Waals surface area contributed by atoms with Gasteiger partial charge in [0.05, 0.1) is 4.88 Å². The number of thiophene rings is 1. The number of hydrogen-bond acceptors (Lipinski definition) is 3. The van der Waals surface area contributed by atoms with Crippen LogP contribution in [0.3, 0.4) is 0 Å². The third-order valence-electron chi connectivity index (χ3n) is 2.75. The predicted molar refractivity (Wildman–Crippen MR) is 87.1 cm³/mol. The van der Waals surface area contributed by atoms with Gasteiger partial charge in [0.2, 0.25) is 0 Å². The van der Waals surface area contributed by atoms with Gasteiger partial charge in [0.25, 0.3) is 5.91 Å². The molecule has 3 N–H and O–H groups in total. The Morgan fingerprint density at radius 2 is 1.85 bits per heavy atom. The SMILES string of the molecule is Cc1ccccc1NC(=S)NNC(=O)c1sccc1C. The molecule has 1 aromatic carbocycles. The predicted octanol–water partition coefficient (Wildman–Crippen LogP) is 3.00. The normalized spacial score (nSPS) is 9.90. The first-order valence-corrected chi connectivity index (χ1v) is 7.34. The number of amides is 1. The standard InChI is InChI=1S/C14H15N3OS2/c1-9-5-3-4-6-11(9)15-14(19)17-16-13(18)12-10(2)7-8-20-12/h3-8H,1-2H3,(H,16,18)(H2,15,17,19). The third-order valence-corrected chi connectivity index (χ3v) is 3.97. The Bertz CT molecular complexity index is 637. The number of carbonyl (C=O) groups is 1. The second-order valence-corrected chi connectivity index (χ2v) is 5.61. The van der Waals surface area contributed by atoms with Gasteiger partial charge in [-0.15, -0.1) is 11.3 Å². The molecule has 20 heavy (non-hydrogen) atoms. The second kappa shape index (κ2) is 6.49. The lowest BCUT2D eigenvalue weighted by molar-refractivity contribution is 0.0947. The van der Waals surface area contributed by atoms with Crippen LogP contribution < -0.4 is 16.2 Å². The van der Waals surface area contributed by atoms with Gasteiger partial charge in [-0.05, 0) is 54.7 Å². The third kappa shape index (κ3) is 3.55. The van der Waals surface area contributed by atoms with Gasteiger partial charge in [-0.25, -0.2) is 0 Å². The maximum Gasteiger partial charge on any atom is 0.279 e. The number of rotatable bonds is 2. The minimum atomic E-state index is -0.188. The van der Waals surface area contributed by atoms with Crippen LogP contribution in [-0.2, 0) is 0 Å². The van der Waals surface area contributed by atoms with Crippen molar-refractivity contribution >= 4 is 40.3 Å². The molecule has 1 aromatic heterocycles. The molecule has 0 saturated heterocycles. The van der Waals surface area contributed by atoms with Crippen molar-refractivity contribution in [1.82, 2.24) is 10.9 Å². The van der Waals surface area contributed by atoms with Crippen LogP contribution in [0.15, 0.2) is 35.7 Å². The monoisotopic (exact) mass is 305 g/mol. The van der Waals surface area contributed by atoms with Crippen molar-refractivity contribution in [1.29, 1.82) is 0 Å². The van der Waals surface area contributed by atoms with Gasteiger partial charge in [0.1, 0.15) is 0 Å². The number of benzene rings is 1. The van der Waals surface area contributed by atoms with Gasteiger partial charge in [-0.1, -0.05) is 18.2 Å². The Hall–Kier alpha value is -1.92. The molecule has 2 aromatic rings. The van der Waals surface area contributed by atoms with Crippen molar-refractivity contribution in [3.05, 3.63) is 51.7 Å². The highest BCUT2D eigenvalue weighted by atomic mass is 32.1. The Labute approximate surface area is 127 Å². The number of para-hydroxylation sites is 1. The first kappa shape index (κ1) is 14.5. The molecule has 2 rings (SSSR count). The summed E-state index contributed by atoms with van der Waals surface area (Å²) in [5.74, 6) is -0.188. The number of hydrogen-bond donors (Lipinski definition) is 3. The van der Waals surface area contributed by atoms with Crippen LogP contribution in [0, 0.1) is 13.8 Å². The van der Waals surface area contributed by atoms with Crippen LogP contribution >= 0.6 is 23.6 Å². The van der Waals surface area contributed by atoms with Crippen LogP contribution in [0.4, 0.5) is 5.69 Å². The highest BCUT2D eigenvalue weighted by Crippen LogP contribution is 2.15. The molecule has 1 amide bonds. The fourth-order valence-corrected chi connectivity index (χ4v) is 2.62. The maximum atomic E-state index is 11.9. The van der Waals surface area contributed by atoms with E-state index in [1.807, 2.05) is 49.6 Å². The smallest absolute Gasteiger partial charge is 0.279 e. The molecule has 0 aliphatic carbocycles. The zero-order valence-corrected chi connectivity index (χ0v) is 12.8. The molecule has 0 bridgehead atoms. The number of carbonyl (C=O) groups excluding carboxylic acids is 1. The minimum Gasteiger partial charge on any atom is -0.331 e. The number of nitrogens with one attached hydrogen (secondary N) is 3. The largest absolute Gasteiger partial charge is 0.331 e. The lowest BCUT2D eigenvalue weighted by Gasteiger charge is -2.12. The zero-order valence-electron chi connectivity index (χ0n) is 11.2. The van der Waals surface area contributed by atoms with Crippen molar-refractivity contribution in [2.75, 3.05) is 5.32 Å². The number of thiocarbonyl (C=S) groups is 1. The molecular weight excluding hydrogens is 290 g/mol. The van der Waals surface area contributed by atoms with Gasteiger partial charge < -0.3 is 5.32 Å². The van der Waals surface area contributed by atoms with Crippen molar-refractivity contribution < 1.29 is 4.79 Å². The molecule has 0 saturated carbocycles. The van der Waals surface area contributed by atoms with Gasteiger partial charge in [-0.2, -0.15) is 0 Å². The van der Waals surface area contributed by atoms with Crippen LogP contribution in [-0.4, -0.2) is 11.0 Å². The van der Waals surface area contributed by atoms with Crippen LogP contribution in [0.1, 0.15) is 20.8 Å². The van der Waals surface area contributed by atoms with E-state index in [9.17, 15) is 4.79 Å². The fraction of sp³-hybridized carbons (Fsp3) is 0.143. The quantitative estimate of drug-likeness (QED) is 0.590. The molecule has 0 aliphatic heterocycles. The molecule has 0 unspecified atom stereocenters. The van der Waals surface area contributed by atoms with Crippen LogP contribution in [0.25, 0.3) is 0 Å². The van der Waals surface area contributed by atoms with Crippen molar-refractivity contribution in [2.24, 2.45) is 0 Å². The zero-order chi connectivity index (χ0) is 14.5. The molecule has 104 valence electrons. The van der Waals surface area contributed by atoms with E-state index in [4.69, 9.17) is 12.2 Å². The summed E-state index contributed by atoms with van der Waals surface area (Å²) < 4.78 is 0. The van der Waals surface area contributed by atoms with Crippen LogP contribution in [0.2, 0.25) is 0 Å². The maximum absolute atomic E-state index is 11.9. The number of hydrazine groups is 1. The van der Waals surface area contributed by atoms with Crippen molar-refractivity contribution in [3.8, 4) is 0 Å². The molecule has 1 heterocycles. The molecule has 0 atom stereocenters. The Balaban J connectivity index is 1.89. The average Bonchev–Trinajstić information content (AvgIpc) is 2.85. The molecule has 0 radical (unpaired) electrons. The van der Waals surface area contributed by atoms with Gasteiger partial charge in [0.15, 0.2) is 5.11 Å². The highest BCUT2D eigenvalue weighted by molar-refractivity contribution is 7.80. The minimum absolute atomic E-state index is 0.188. The molecular formula is C14H15N3OS2. The van der Waals surface area contributed by atoms with Crippen molar-refractivity contribution in [3.63, 3.8) is 0 Å². The molecule has 4 nitrogen and oxygen atoms in total. The summed E-state index contributed by atoms with van der Waals surface area (Å²) in [6.45, 7) is 3.88.